The average molecular weight is 269 g/mol. The molecule has 1 aromatic heterocycles. The molecule has 3 nitrogen and oxygen atoms in total. The van der Waals surface area contributed by atoms with Crippen LogP contribution in [0.1, 0.15) is 10.5 Å². The molecule has 0 saturated carbocycles. The lowest BCUT2D eigenvalue weighted by Crippen LogP contribution is -2.03. The Morgan fingerprint density at radius 2 is 1.80 bits per heavy atom. The fraction of sp³-hybridized carbons (Fsp3) is 0.0625. The molecule has 3 rings (SSSR count). The fourth-order valence-corrected chi connectivity index (χ4v) is 2.31. The number of nitrogens with one attached hydrogen (secondary N) is 1. The Morgan fingerprint density at radius 1 is 1.10 bits per heavy atom. The van der Waals surface area contributed by atoms with E-state index in [9.17, 15) is 9.18 Å². The summed E-state index contributed by atoms with van der Waals surface area (Å²) < 4.78 is 17.9. The van der Waals surface area contributed by atoms with Crippen LogP contribution in [-0.2, 0) is 4.74 Å². The molecule has 2 aromatic carbocycles. The van der Waals surface area contributed by atoms with E-state index in [0.29, 0.717) is 5.69 Å². The number of halogens is 1. The van der Waals surface area contributed by atoms with E-state index in [1.54, 1.807) is 12.1 Å². The standard InChI is InChI=1S/C16H12FNO2/c1-20-16(19)15-14(10-6-8-11(17)9-7-10)12-4-2-3-5-13(12)18-15/h2-9,18H,1H3. The first-order chi connectivity index (χ1) is 9.70. The molecule has 0 amide bonds. The van der Waals surface area contributed by atoms with E-state index < -0.39 is 5.97 Å². The Morgan fingerprint density at radius 3 is 2.50 bits per heavy atom. The summed E-state index contributed by atoms with van der Waals surface area (Å²) in [5.41, 5.74) is 2.71. The van der Waals surface area contributed by atoms with Crippen LogP contribution in [0, 0.1) is 5.82 Å². The van der Waals surface area contributed by atoms with E-state index >= 15 is 0 Å². The maximum absolute atomic E-state index is 13.1. The first-order valence-electron chi connectivity index (χ1n) is 6.15. The SMILES string of the molecule is COC(=O)c1[nH]c2ccccc2c1-c1ccc(F)cc1. The van der Waals surface area contributed by atoms with Crippen LogP contribution < -0.4 is 0 Å². The summed E-state index contributed by atoms with van der Waals surface area (Å²) in [6.07, 6.45) is 0. The van der Waals surface area contributed by atoms with E-state index in [1.807, 2.05) is 24.3 Å². The fourth-order valence-electron chi connectivity index (χ4n) is 2.31. The second-order valence-electron chi connectivity index (χ2n) is 4.42. The smallest absolute Gasteiger partial charge is 0.355 e. The topological polar surface area (TPSA) is 42.1 Å². The van der Waals surface area contributed by atoms with Gasteiger partial charge in [0.2, 0.25) is 0 Å². The van der Waals surface area contributed by atoms with E-state index in [4.69, 9.17) is 4.74 Å². The van der Waals surface area contributed by atoms with Gasteiger partial charge in [0.25, 0.3) is 0 Å². The Kier molecular flexibility index (Phi) is 2.99. The van der Waals surface area contributed by atoms with Gasteiger partial charge >= 0.3 is 5.97 Å². The minimum absolute atomic E-state index is 0.312. The van der Waals surface area contributed by atoms with Crippen molar-refractivity contribution in [1.29, 1.82) is 0 Å². The maximum atomic E-state index is 13.1. The van der Waals surface area contributed by atoms with Crippen molar-refractivity contribution in [3.63, 3.8) is 0 Å². The Hall–Kier alpha value is -2.62. The van der Waals surface area contributed by atoms with Gasteiger partial charge in [0.05, 0.1) is 7.11 Å². The molecule has 0 spiro atoms. The summed E-state index contributed by atoms with van der Waals surface area (Å²) >= 11 is 0. The number of fused-ring (bicyclic) bond motifs is 1. The quantitative estimate of drug-likeness (QED) is 0.720. The number of carbonyl (C=O) groups excluding carboxylic acids is 1. The summed E-state index contributed by atoms with van der Waals surface area (Å²) in [7, 11) is 1.34. The van der Waals surface area contributed by atoms with Crippen molar-refractivity contribution in [2.45, 2.75) is 0 Å². The van der Waals surface area contributed by atoms with Crippen LogP contribution in [0.25, 0.3) is 22.0 Å². The van der Waals surface area contributed by atoms with Gasteiger partial charge in [0.15, 0.2) is 0 Å². The van der Waals surface area contributed by atoms with E-state index in [-0.39, 0.29) is 5.82 Å². The van der Waals surface area contributed by atoms with Gasteiger partial charge < -0.3 is 9.72 Å². The number of carbonyl (C=O) groups is 1. The molecule has 0 aliphatic heterocycles. The lowest BCUT2D eigenvalue weighted by atomic mass is 10.0. The number of aromatic nitrogens is 1. The van der Waals surface area contributed by atoms with Gasteiger partial charge in [-0.1, -0.05) is 30.3 Å². The molecule has 0 unspecified atom stereocenters. The predicted octanol–water partition coefficient (Wildman–Crippen LogP) is 3.76. The van der Waals surface area contributed by atoms with Crippen molar-refractivity contribution in [2.24, 2.45) is 0 Å². The first kappa shape index (κ1) is 12.4. The lowest BCUT2D eigenvalue weighted by Gasteiger charge is -2.03. The van der Waals surface area contributed by atoms with Gasteiger partial charge in [-0.3, -0.25) is 0 Å². The molecule has 0 radical (unpaired) electrons. The molecule has 1 N–H and O–H groups in total. The lowest BCUT2D eigenvalue weighted by molar-refractivity contribution is 0.0596. The van der Waals surface area contributed by atoms with Gasteiger partial charge in [-0.15, -0.1) is 0 Å². The van der Waals surface area contributed by atoms with Crippen LogP contribution in [0.3, 0.4) is 0 Å². The number of ether oxygens (including phenoxy) is 1. The third-order valence-corrected chi connectivity index (χ3v) is 3.23. The molecule has 100 valence electrons. The normalized spacial score (nSPS) is 10.7. The molecule has 20 heavy (non-hydrogen) atoms. The van der Waals surface area contributed by atoms with Crippen LogP contribution in [0.15, 0.2) is 48.5 Å². The maximum Gasteiger partial charge on any atom is 0.355 e. The number of esters is 1. The minimum Gasteiger partial charge on any atom is -0.464 e. The van der Waals surface area contributed by atoms with E-state index in [2.05, 4.69) is 4.98 Å². The summed E-state index contributed by atoms with van der Waals surface area (Å²) in [5.74, 6) is -0.756. The molecular weight excluding hydrogens is 257 g/mol. The number of benzene rings is 2. The highest BCUT2D eigenvalue weighted by atomic mass is 19.1. The van der Waals surface area contributed by atoms with Gasteiger partial charge in [0.1, 0.15) is 11.5 Å². The molecule has 0 aliphatic rings. The molecule has 0 saturated heterocycles. The van der Waals surface area contributed by atoms with Crippen molar-refractivity contribution in [1.82, 2.24) is 4.98 Å². The van der Waals surface area contributed by atoms with Crippen LogP contribution >= 0.6 is 0 Å². The molecule has 3 aromatic rings. The van der Waals surface area contributed by atoms with Crippen LogP contribution in [0.2, 0.25) is 0 Å². The zero-order valence-electron chi connectivity index (χ0n) is 10.8. The summed E-state index contributed by atoms with van der Waals surface area (Å²) in [6.45, 7) is 0. The number of aromatic amines is 1. The minimum atomic E-state index is -0.444. The highest BCUT2D eigenvalue weighted by molar-refractivity contribution is 6.07. The molecule has 1 heterocycles. The number of rotatable bonds is 2. The summed E-state index contributed by atoms with van der Waals surface area (Å²) in [4.78, 5) is 15.0. The van der Waals surface area contributed by atoms with Crippen molar-refractivity contribution in [3.05, 3.63) is 60.0 Å². The number of methoxy groups -OCH3 is 1. The van der Waals surface area contributed by atoms with Crippen LogP contribution in [-0.4, -0.2) is 18.1 Å². The Balaban J connectivity index is 2.31. The molecular formula is C16H12FNO2. The van der Waals surface area contributed by atoms with Crippen molar-refractivity contribution >= 4 is 16.9 Å². The summed E-state index contributed by atoms with van der Waals surface area (Å²) in [6, 6.07) is 13.6. The van der Waals surface area contributed by atoms with Gasteiger partial charge in [0, 0.05) is 16.5 Å². The van der Waals surface area contributed by atoms with Crippen molar-refractivity contribution < 1.29 is 13.9 Å². The van der Waals surface area contributed by atoms with Crippen molar-refractivity contribution in [3.8, 4) is 11.1 Å². The zero-order chi connectivity index (χ0) is 14.1. The Bertz CT molecular complexity index is 775. The van der Waals surface area contributed by atoms with Crippen LogP contribution in [0.4, 0.5) is 4.39 Å². The first-order valence-corrected chi connectivity index (χ1v) is 6.15. The zero-order valence-corrected chi connectivity index (χ0v) is 10.8. The molecule has 0 fully saturated rings. The molecule has 4 heteroatoms. The average Bonchev–Trinajstić information content (AvgIpc) is 2.87. The summed E-state index contributed by atoms with van der Waals surface area (Å²) in [5, 5.41) is 0.902. The van der Waals surface area contributed by atoms with E-state index in [0.717, 1.165) is 22.0 Å². The number of H-pyrrole nitrogens is 1. The monoisotopic (exact) mass is 269 g/mol. The highest BCUT2D eigenvalue weighted by Crippen LogP contribution is 2.32. The van der Waals surface area contributed by atoms with Gasteiger partial charge in [-0.2, -0.15) is 0 Å². The second-order valence-corrected chi connectivity index (χ2v) is 4.42. The molecule has 0 bridgehead atoms. The third kappa shape index (κ3) is 1.95. The van der Waals surface area contributed by atoms with Gasteiger partial charge in [-0.05, 0) is 23.8 Å². The largest absolute Gasteiger partial charge is 0.464 e. The van der Waals surface area contributed by atoms with Gasteiger partial charge in [-0.25, -0.2) is 9.18 Å². The highest BCUT2D eigenvalue weighted by Gasteiger charge is 2.19. The number of para-hydroxylation sites is 1. The number of hydrogen-bond acceptors (Lipinski definition) is 2. The van der Waals surface area contributed by atoms with Crippen LogP contribution in [0.5, 0.6) is 0 Å². The second kappa shape index (κ2) is 4.81. The van der Waals surface area contributed by atoms with Crippen molar-refractivity contribution in [2.75, 3.05) is 7.11 Å². The Labute approximate surface area is 115 Å². The number of hydrogen-bond donors (Lipinski definition) is 1. The molecule has 0 atom stereocenters. The van der Waals surface area contributed by atoms with E-state index in [1.165, 1.54) is 19.2 Å². The third-order valence-electron chi connectivity index (χ3n) is 3.23. The predicted molar refractivity (Wildman–Crippen MR) is 75.0 cm³/mol. The molecule has 0 aliphatic carbocycles.